The maximum absolute atomic E-state index is 12.8. The summed E-state index contributed by atoms with van der Waals surface area (Å²) in [5, 5.41) is 7.45. The number of methoxy groups -OCH3 is 1. The highest BCUT2D eigenvalue weighted by molar-refractivity contribution is 5.74. The molecule has 9 nitrogen and oxygen atoms in total. The highest BCUT2D eigenvalue weighted by Crippen LogP contribution is 2.29. The van der Waals surface area contributed by atoms with Gasteiger partial charge in [0, 0.05) is 50.0 Å². The topological polar surface area (TPSA) is 84.8 Å². The predicted octanol–water partition coefficient (Wildman–Crippen LogP) is 3.40. The summed E-state index contributed by atoms with van der Waals surface area (Å²) < 4.78 is 13.0. The zero-order valence-corrected chi connectivity index (χ0v) is 20.0. The van der Waals surface area contributed by atoms with Gasteiger partial charge >= 0.3 is 6.03 Å². The summed E-state index contributed by atoms with van der Waals surface area (Å²) in [7, 11) is 1.64. The van der Waals surface area contributed by atoms with Crippen LogP contribution in [0, 0.1) is 6.92 Å². The van der Waals surface area contributed by atoms with Crippen molar-refractivity contribution in [3.8, 4) is 17.2 Å². The van der Waals surface area contributed by atoms with Crippen LogP contribution in [0.3, 0.4) is 0 Å². The molecule has 0 aliphatic carbocycles. The van der Waals surface area contributed by atoms with Gasteiger partial charge in [-0.1, -0.05) is 18.2 Å². The molecule has 2 heterocycles. The van der Waals surface area contributed by atoms with E-state index in [0.717, 1.165) is 47.9 Å². The van der Waals surface area contributed by atoms with E-state index in [-0.39, 0.29) is 6.03 Å². The average molecular weight is 465 g/mol. The van der Waals surface area contributed by atoms with E-state index in [2.05, 4.69) is 26.4 Å². The van der Waals surface area contributed by atoms with Crippen LogP contribution in [0.4, 0.5) is 10.5 Å². The molecule has 1 aliphatic rings. The number of hydrogen-bond donors (Lipinski definition) is 1. The lowest BCUT2D eigenvalue weighted by molar-refractivity contribution is 0.201. The van der Waals surface area contributed by atoms with Gasteiger partial charge in [0.1, 0.15) is 29.3 Å². The zero-order valence-electron chi connectivity index (χ0n) is 20.0. The van der Waals surface area contributed by atoms with Crippen LogP contribution < -0.4 is 19.7 Å². The SMILES string of the molecule is CCOc1cc(N2CCCN(C(=O)NCc3ccccc3OC)CC2)ccc1-n1cnc(C)n1. The molecule has 2 amide bonds. The van der Waals surface area contributed by atoms with Gasteiger partial charge < -0.3 is 24.6 Å². The summed E-state index contributed by atoms with van der Waals surface area (Å²) in [4.78, 5) is 21.2. The van der Waals surface area contributed by atoms with Crippen molar-refractivity contribution < 1.29 is 14.3 Å². The first-order valence-corrected chi connectivity index (χ1v) is 11.6. The van der Waals surface area contributed by atoms with Gasteiger partial charge in [0.2, 0.25) is 0 Å². The van der Waals surface area contributed by atoms with Crippen molar-refractivity contribution in [3.63, 3.8) is 0 Å². The van der Waals surface area contributed by atoms with Crippen molar-refractivity contribution in [2.75, 3.05) is 44.8 Å². The van der Waals surface area contributed by atoms with Crippen molar-refractivity contribution in [1.29, 1.82) is 0 Å². The second kappa shape index (κ2) is 10.9. The van der Waals surface area contributed by atoms with Crippen molar-refractivity contribution >= 4 is 11.7 Å². The third kappa shape index (κ3) is 5.41. The molecule has 1 aromatic heterocycles. The molecule has 0 atom stereocenters. The van der Waals surface area contributed by atoms with Crippen LogP contribution in [0.15, 0.2) is 48.8 Å². The molecule has 34 heavy (non-hydrogen) atoms. The zero-order chi connectivity index (χ0) is 23.9. The summed E-state index contributed by atoms with van der Waals surface area (Å²) >= 11 is 0. The number of nitrogens with zero attached hydrogens (tertiary/aromatic N) is 5. The van der Waals surface area contributed by atoms with Gasteiger partial charge in [-0.15, -0.1) is 0 Å². The molecule has 1 aliphatic heterocycles. The fraction of sp³-hybridized carbons (Fsp3) is 0.400. The highest BCUT2D eigenvalue weighted by atomic mass is 16.5. The maximum atomic E-state index is 12.8. The summed E-state index contributed by atoms with van der Waals surface area (Å²) in [5.41, 5.74) is 2.89. The maximum Gasteiger partial charge on any atom is 0.317 e. The summed E-state index contributed by atoms with van der Waals surface area (Å²) in [5.74, 6) is 2.25. The number of amides is 2. The molecule has 0 unspecified atom stereocenters. The Bertz CT molecular complexity index is 1120. The predicted molar refractivity (Wildman–Crippen MR) is 131 cm³/mol. The number of para-hydroxylation sites is 1. The van der Waals surface area contributed by atoms with Crippen LogP contribution in [0.5, 0.6) is 11.5 Å². The monoisotopic (exact) mass is 464 g/mol. The van der Waals surface area contributed by atoms with Gasteiger partial charge in [0.25, 0.3) is 0 Å². The average Bonchev–Trinajstić information content (AvgIpc) is 3.13. The molecule has 1 N–H and O–H groups in total. The van der Waals surface area contributed by atoms with E-state index in [0.29, 0.717) is 32.1 Å². The molecular weight excluding hydrogens is 432 g/mol. The minimum atomic E-state index is -0.0559. The normalized spacial score (nSPS) is 14.0. The van der Waals surface area contributed by atoms with Gasteiger partial charge in [-0.2, -0.15) is 5.10 Å². The van der Waals surface area contributed by atoms with Crippen LogP contribution in [0.1, 0.15) is 24.7 Å². The standard InChI is InChI=1S/C25H32N6O3/c1-4-34-24-16-21(10-11-22(24)31-18-27-19(2)28-31)29-12-7-13-30(15-14-29)25(32)26-17-20-8-5-6-9-23(20)33-3/h5-6,8-11,16,18H,4,7,12-15,17H2,1-3H3,(H,26,32). The molecule has 1 saturated heterocycles. The van der Waals surface area contributed by atoms with Crippen molar-refractivity contribution in [2.45, 2.75) is 26.8 Å². The largest absolute Gasteiger partial charge is 0.496 e. The molecule has 4 rings (SSSR count). The smallest absolute Gasteiger partial charge is 0.317 e. The molecular formula is C25H32N6O3. The van der Waals surface area contributed by atoms with Crippen LogP contribution >= 0.6 is 0 Å². The minimum absolute atomic E-state index is 0.0559. The third-order valence-corrected chi connectivity index (χ3v) is 5.87. The van der Waals surface area contributed by atoms with E-state index in [4.69, 9.17) is 9.47 Å². The first-order valence-electron chi connectivity index (χ1n) is 11.6. The third-order valence-electron chi connectivity index (χ3n) is 5.87. The number of hydrogen-bond acceptors (Lipinski definition) is 6. The Balaban J connectivity index is 1.40. The molecule has 0 bridgehead atoms. The summed E-state index contributed by atoms with van der Waals surface area (Å²) in [6.07, 6.45) is 2.58. The summed E-state index contributed by atoms with van der Waals surface area (Å²) in [6.45, 7) is 7.79. The number of anilines is 1. The molecule has 0 spiro atoms. The van der Waals surface area contributed by atoms with Gasteiger partial charge in [-0.25, -0.2) is 14.5 Å². The Labute approximate surface area is 200 Å². The van der Waals surface area contributed by atoms with Crippen LogP contribution in [0.25, 0.3) is 5.69 Å². The van der Waals surface area contributed by atoms with Crippen LogP contribution in [-0.4, -0.2) is 65.6 Å². The van der Waals surface area contributed by atoms with Crippen molar-refractivity contribution in [3.05, 3.63) is 60.2 Å². The van der Waals surface area contributed by atoms with Crippen molar-refractivity contribution in [1.82, 2.24) is 25.0 Å². The summed E-state index contributed by atoms with van der Waals surface area (Å²) in [6, 6.07) is 13.8. The Kier molecular flexibility index (Phi) is 7.51. The molecule has 2 aromatic carbocycles. The fourth-order valence-corrected chi connectivity index (χ4v) is 4.13. The number of aryl methyl sites for hydroxylation is 1. The Morgan fingerprint density at radius 3 is 2.71 bits per heavy atom. The molecule has 1 fully saturated rings. The molecule has 3 aromatic rings. The van der Waals surface area contributed by atoms with E-state index in [9.17, 15) is 4.79 Å². The number of rotatable bonds is 7. The second-order valence-electron chi connectivity index (χ2n) is 8.12. The Morgan fingerprint density at radius 1 is 1.09 bits per heavy atom. The van der Waals surface area contributed by atoms with Crippen LogP contribution in [-0.2, 0) is 6.54 Å². The van der Waals surface area contributed by atoms with Gasteiger partial charge in [-0.05, 0) is 38.5 Å². The van der Waals surface area contributed by atoms with Crippen molar-refractivity contribution in [2.24, 2.45) is 0 Å². The van der Waals surface area contributed by atoms with E-state index >= 15 is 0 Å². The second-order valence-corrected chi connectivity index (χ2v) is 8.12. The minimum Gasteiger partial charge on any atom is -0.496 e. The van der Waals surface area contributed by atoms with E-state index in [1.807, 2.05) is 55.1 Å². The molecule has 0 saturated carbocycles. The number of aromatic nitrogens is 3. The first kappa shape index (κ1) is 23.4. The Hall–Kier alpha value is -3.75. The lowest BCUT2D eigenvalue weighted by atomic mass is 10.2. The van der Waals surface area contributed by atoms with Gasteiger partial charge in [0.15, 0.2) is 0 Å². The lowest BCUT2D eigenvalue weighted by Crippen LogP contribution is -2.41. The van der Waals surface area contributed by atoms with E-state index < -0.39 is 0 Å². The fourth-order valence-electron chi connectivity index (χ4n) is 4.13. The number of ether oxygens (including phenoxy) is 2. The number of urea groups is 1. The quantitative estimate of drug-likeness (QED) is 0.577. The number of carbonyl (C=O) groups is 1. The molecule has 9 heteroatoms. The number of nitrogens with one attached hydrogen (secondary N) is 1. The van der Waals surface area contributed by atoms with Gasteiger partial charge in [0.05, 0.1) is 13.7 Å². The highest BCUT2D eigenvalue weighted by Gasteiger charge is 2.20. The number of carbonyl (C=O) groups excluding carboxylic acids is 1. The lowest BCUT2D eigenvalue weighted by Gasteiger charge is -2.25. The first-order chi connectivity index (χ1) is 16.6. The molecule has 0 radical (unpaired) electrons. The molecule has 180 valence electrons. The number of benzene rings is 2. The van der Waals surface area contributed by atoms with Gasteiger partial charge in [-0.3, -0.25) is 0 Å². The van der Waals surface area contributed by atoms with E-state index in [1.165, 1.54) is 0 Å². The Morgan fingerprint density at radius 2 is 1.94 bits per heavy atom. The van der Waals surface area contributed by atoms with E-state index in [1.54, 1.807) is 18.1 Å². The van der Waals surface area contributed by atoms with Crippen LogP contribution in [0.2, 0.25) is 0 Å².